The number of nitrogens with one attached hydrogen (secondary N) is 1. The monoisotopic (exact) mass is 330 g/mol. The lowest BCUT2D eigenvalue weighted by atomic mass is 9.98. The maximum absolute atomic E-state index is 12.6. The molecule has 130 valence electrons. The Hall–Kier alpha value is -2.08. The third kappa shape index (κ3) is 3.24. The number of aryl methyl sites for hydroxylation is 2. The molecule has 24 heavy (non-hydrogen) atoms. The number of aromatic nitrogens is 2. The van der Waals surface area contributed by atoms with Gasteiger partial charge in [-0.3, -0.25) is 13.9 Å². The minimum Gasteiger partial charge on any atom is -0.342 e. The summed E-state index contributed by atoms with van der Waals surface area (Å²) in [6.07, 6.45) is 2.61. The van der Waals surface area contributed by atoms with Gasteiger partial charge in [-0.25, -0.2) is 4.79 Å². The molecule has 6 heteroatoms. The van der Waals surface area contributed by atoms with E-state index in [0.717, 1.165) is 37.1 Å². The number of likely N-dealkylation sites (tertiary alicyclic amines) is 1. The molecule has 0 radical (unpaired) electrons. The first-order valence-corrected chi connectivity index (χ1v) is 8.68. The van der Waals surface area contributed by atoms with Crippen LogP contribution in [0.2, 0.25) is 0 Å². The minimum absolute atomic E-state index is 0.0595. The van der Waals surface area contributed by atoms with Gasteiger partial charge in [0.15, 0.2) is 0 Å². The van der Waals surface area contributed by atoms with Crippen LogP contribution in [0.1, 0.15) is 19.3 Å². The van der Waals surface area contributed by atoms with Crippen molar-refractivity contribution in [2.45, 2.75) is 25.8 Å². The van der Waals surface area contributed by atoms with Gasteiger partial charge in [0.1, 0.15) is 0 Å². The topological polar surface area (TPSA) is 59.3 Å². The lowest BCUT2D eigenvalue weighted by Gasteiger charge is -2.32. The molecule has 0 spiro atoms. The summed E-state index contributed by atoms with van der Waals surface area (Å²) in [6, 6.07) is 7.72. The molecule has 6 nitrogen and oxygen atoms in total. The van der Waals surface area contributed by atoms with Gasteiger partial charge in [0.25, 0.3) is 0 Å². The molecule has 1 aliphatic heterocycles. The molecule has 1 aromatic carbocycles. The molecule has 1 aliphatic rings. The molecule has 2 aromatic rings. The van der Waals surface area contributed by atoms with Gasteiger partial charge in [0.05, 0.1) is 11.0 Å². The number of carbonyl (C=O) groups is 1. The molecule has 1 atom stereocenters. The first-order valence-electron chi connectivity index (χ1n) is 8.68. The van der Waals surface area contributed by atoms with Crippen molar-refractivity contribution in [1.29, 1.82) is 0 Å². The number of para-hydroxylation sites is 2. The Labute approximate surface area is 142 Å². The van der Waals surface area contributed by atoms with E-state index in [1.807, 2.05) is 36.2 Å². The van der Waals surface area contributed by atoms with Gasteiger partial charge in [-0.05, 0) is 44.5 Å². The fourth-order valence-corrected chi connectivity index (χ4v) is 3.69. The summed E-state index contributed by atoms with van der Waals surface area (Å²) in [5, 5.41) is 3.20. The summed E-state index contributed by atoms with van der Waals surface area (Å²) < 4.78 is 3.35. The Bertz CT molecular complexity index is 775. The highest BCUT2D eigenvalue weighted by molar-refractivity contribution is 5.78. The number of imidazole rings is 1. The zero-order valence-electron chi connectivity index (χ0n) is 14.5. The van der Waals surface area contributed by atoms with Gasteiger partial charge in [0, 0.05) is 33.1 Å². The van der Waals surface area contributed by atoms with Crippen molar-refractivity contribution in [2.75, 3.05) is 26.7 Å². The maximum atomic E-state index is 12.6. The second kappa shape index (κ2) is 7.21. The lowest BCUT2D eigenvalue weighted by molar-refractivity contribution is -0.133. The normalized spacial score (nSPS) is 18.2. The van der Waals surface area contributed by atoms with E-state index in [9.17, 15) is 9.59 Å². The quantitative estimate of drug-likeness (QED) is 0.896. The number of piperidine rings is 1. The van der Waals surface area contributed by atoms with E-state index in [0.29, 0.717) is 18.9 Å². The van der Waals surface area contributed by atoms with Gasteiger partial charge in [-0.15, -0.1) is 0 Å². The number of carbonyl (C=O) groups excluding carboxylic acids is 1. The highest BCUT2D eigenvalue weighted by Crippen LogP contribution is 2.17. The highest BCUT2D eigenvalue weighted by Gasteiger charge is 2.23. The van der Waals surface area contributed by atoms with Crippen molar-refractivity contribution >= 4 is 16.9 Å². The van der Waals surface area contributed by atoms with Gasteiger partial charge in [-0.1, -0.05) is 12.1 Å². The Kier molecular flexibility index (Phi) is 5.04. The number of benzene rings is 1. The molecule has 3 rings (SSSR count). The van der Waals surface area contributed by atoms with Crippen molar-refractivity contribution in [1.82, 2.24) is 19.4 Å². The largest absolute Gasteiger partial charge is 0.342 e. The first-order chi connectivity index (χ1) is 11.6. The Balaban J connectivity index is 1.69. The zero-order chi connectivity index (χ0) is 17.1. The second-order valence-electron chi connectivity index (χ2n) is 6.64. The van der Waals surface area contributed by atoms with Crippen molar-refractivity contribution in [3.8, 4) is 0 Å². The van der Waals surface area contributed by atoms with Crippen LogP contribution < -0.4 is 11.0 Å². The molecular weight excluding hydrogens is 304 g/mol. The summed E-state index contributed by atoms with van der Waals surface area (Å²) >= 11 is 0. The number of hydrogen-bond donors (Lipinski definition) is 1. The van der Waals surface area contributed by atoms with E-state index in [1.54, 1.807) is 16.2 Å². The van der Waals surface area contributed by atoms with Crippen LogP contribution >= 0.6 is 0 Å². The third-order valence-corrected chi connectivity index (χ3v) is 4.97. The molecule has 0 bridgehead atoms. The first kappa shape index (κ1) is 16.8. The average Bonchev–Trinajstić information content (AvgIpc) is 2.85. The summed E-state index contributed by atoms with van der Waals surface area (Å²) in [5.41, 5.74) is 1.74. The van der Waals surface area contributed by atoms with Crippen LogP contribution in [-0.2, 0) is 18.4 Å². The van der Waals surface area contributed by atoms with E-state index >= 15 is 0 Å². The van der Waals surface area contributed by atoms with Crippen molar-refractivity contribution in [3.05, 3.63) is 34.7 Å². The van der Waals surface area contributed by atoms with Gasteiger partial charge in [-0.2, -0.15) is 0 Å². The Morgan fingerprint density at radius 3 is 2.79 bits per heavy atom. The number of nitrogens with zero attached hydrogens (tertiary/aromatic N) is 3. The molecule has 1 amide bonds. The predicted molar refractivity (Wildman–Crippen MR) is 95.0 cm³/mol. The number of rotatable bonds is 5. The summed E-state index contributed by atoms with van der Waals surface area (Å²) in [4.78, 5) is 26.9. The van der Waals surface area contributed by atoms with Crippen molar-refractivity contribution in [2.24, 2.45) is 13.0 Å². The molecular formula is C18H26N4O2. The lowest BCUT2D eigenvalue weighted by Crippen LogP contribution is -2.42. The van der Waals surface area contributed by atoms with Crippen molar-refractivity contribution < 1.29 is 4.79 Å². The van der Waals surface area contributed by atoms with Gasteiger partial charge in [0.2, 0.25) is 5.91 Å². The zero-order valence-corrected chi connectivity index (χ0v) is 14.5. The molecule has 0 saturated carbocycles. The van der Waals surface area contributed by atoms with Crippen LogP contribution in [0.3, 0.4) is 0 Å². The van der Waals surface area contributed by atoms with E-state index in [2.05, 4.69) is 5.32 Å². The average molecular weight is 330 g/mol. The standard InChI is InChI=1S/C18H26N4O2/c1-19-12-14-6-5-10-21(13-14)17(23)9-11-22-16-8-4-3-7-15(16)20(2)18(22)24/h3-4,7-8,14,19H,5-6,9-13H2,1-2H3. The summed E-state index contributed by atoms with van der Waals surface area (Å²) in [7, 11) is 3.73. The van der Waals surface area contributed by atoms with Crippen LogP contribution in [0, 0.1) is 5.92 Å². The minimum atomic E-state index is -0.0595. The Morgan fingerprint density at radius 2 is 2.04 bits per heavy atom. The molecule has 1 fully saturated rings. The molecule has 1 saturated heterocycles. The number of amides is 1. The van der Waals surface area contributed by atoms with E-state index in [-0.39, 0.29) is 11.6 Å². The number of fused-ring (bicyclic) bond motifs is 1. The fraction of sp³-hybridized carbons (Fsp3) is 0.556. The fourth-order valence-electron chi connectivity index (χ4n) is 3.69. The van der Waals surface area contributed by atoms with Crippen molar-refractivity contribution in [3.63, 3.8) is 0 Å². The third-order valence-electron chi connectivity index (χ3n) is 4.97. The van der Waals surface area contributed by atoms with Crippen LogP contribution in [-0.4, -0.2) is 46.6 Å². The van der Waals surface area contributed by atoms with E-state index in [1.165, 1.54) is 6.42 Å². The van der Waals surface area contributed by atoms with E-state index in [4.69, 9.17) is 0 Å². The Morgan fingerprint density at radius 1 is 1.29 bits per heavy atom. The molecule has 2 heterocycles. The van der Waals surface area contributed by atoms with Gasteiger partial charge < -0.3 is 10.2 Å². The second-order valence-corrected chi connectivity index (χ2v) is 6.64. The van der Waals surface area contributed by atoms with Gasteiger partial charge >= 0.3 is 5.69 Å². The van der Waals surface area contributed by atoms with Crippen LogP contribution in [0.5, 0.6) is 0 Å². The summed E-state index contributed by atoms with van der Waals surface area (Å²) in [5.74, 6) is 0.684. The predicted octanol–water partition coefficient (Wildman–Crippen LogP) is 1.19. The molecule has 1 N–H and O–H groups in total. The van der Waals surface area contributed by atoms with E-state index < -0.39 is 0 Å². The van der Waals surface area contributed by atoms with Crippen LogP contribution in [0.25, 0.3) is 11.0 Å². The summed E-state index contributed by atoms with van der Waals surface area (Å²) in [6.45, 7) is 3.05. The SMILES string of the molecule is CNCC1CCCN(C(=O)CCn2c(=O)n(C)c3ccccc32)C1. The smallest absolute Gasteiger partial charge is 0.328 e. The van der Waals surface area contributed by atoms with Crippen LogP contribution in [0.15, 0.2) is 29.1 Å². The maximum Gasteiger partial charge on any atom is 0.328 e. The molecule has 1 unspecified atom stereocenters. The molecule has 1 aromatic heterocycles. The number of hydrogen-bond acceptors (Lipinski definition) is 3. The molecule has 0 aliphatic carbocycles. The highest BCUT2D eigenvalue weighted by atomic mass is 16.2. The van der Waals surface area contributed by atoms with Crippen LogP contribution in [0.4, 0.5) is 0 Å².